The number of hydrogen-bond donors (Lipinski definition) is 1. The largest absolute Gasteiger partial charge is 0.390 e. The number of rotatable bonds is 0. The van der Waals surface area contributed by atoms with Gasteiger partial charge in [0.05, 0.1) is 5.56 Å². The highest BCUT2D eigenvalue weighted by Crippen LogP contribution is 2.39. The maximum Gasteiger partial charge on any atom is 0.103 e. The lowest BCUT2D eigenvalue weighted by Crippen LogP contribution is -2.11. The summed E-state index contributed by atoms with van der Waals surface area (Å²) >= 11 is 1.57. The van der Waals surface area contributed by atoms with Crippen LogP contribution in [0, 0.1) is 12.3 Å². The topological polar surface area (TPSA) is 26.0 Å². The first-order chi connectivity index (χ1) is 7.45. The van der Waals surface area contributed by atoms with Gasteiger partial charge < -0.3 is 5.73 Å². The van der Waals surface area contributed by atoms with E-state index in [1.807, 2.05) is 0 Å². The standard InChI is InChI=1S/C14H15NS/c1-5-9-12-10(14(2,3)4)7-6-8-11(12)16-13(9)15/h1,6-8H,15H2,2-4H3. The Morgan fingerprint density at radius 3 is 2.56 bits per heavy atom. The summed E-state index contributed by atoms with van der Waals surface area (Å²) in [6.07, 6.45) is 5.55. The lowest BCUT2D eigenvalue weighted by Gasteiger charge is -2.20. The van der Waals surface area contributed by atoms with Gasteiger partial charge in [-0.3, -0.25) is 0 Å². The molecule has 0 fully saturated rings. The van der Waals surface area contributed by atoms with E-state index >= 15 is 0 Å². The molecular weight excluding hydrogens is 214 g/mol. The van der Waals surface area contributed by atoms with Crippen molar-refractivity contribution in [1.29, 1.82) is 0 Å². The molecule has 16 heavy (non-hydrogen) atoms. The van der Waals surface area contributed by atoms with Gasteiger partial charge in [-0.25, -0.2) is 0 Å². The average molecular weight is 229 g/mol. The number of thiophene rings is 1. The zero-order valence-corrected chi connectivity index (χ0v) is 10.6. The maximum atomic E-state index is 5.95. The number of nitrogen functional groups attached to an aromatic ring is 1. The lowest BCUT2D eigenvalue weighted by atomic mass is 9.84. The molecule has 2 N–H and O–H groups in total. The summed E-state index contributed by atoms with van der Waals surface area (Å²) in [5.74, 6) is 2.72. The fourth-order valence-corrected chi connectivity index (χ4v) is 2.90. The predicted octanol–water partition coefficient (Wildman–Crippen LogP) is 3.76. The van der Waals surface area contributed by atoms with Crippen LogP contribution >= 0.6 is 11.3 Å². The van der Waals surface area contributed by atoms with Gasteiger partial charge in [0.15, 0.2) is 0 Å². The number of benzene rings is 1. The van der Waals surface area contributed by atoms with E-state index in [1.165, 1.54) is 10.3 Å². The van der Waals surface area contributed by atoms with E-state index in [9.17, 15) is 0 Å². The first kappa shape index (κ1) is 11.0. The smallest absolute Gasteiger partial charge is 0.103 e. The van der Waals surface area contributed by atoms with E-state index in [4.69, 9.17) is 12.2 Å². The average Bonchev–Trinajstić information content (AvgIpc) is 2.51. The van der Waals surface area contributed by atoms with Crippen molar-refractivity contribution in [1.82, 2.24) is 0 Å². The van der Waals surface area contributed by atoms with Gasteiger partial charge in [0.1, 0.15) is 5.00 Å². The van der Waals surface area contributed by atoms with Crippen LogP contribution in [0.2, 0.25) is 0 Å². The third kappa shape index (κ3) is 1.58. The van der Waals surface area contributed by atoms with E-state index in [0.29, 0.717) is 0 Å². The van der Waals surface area contributed by atoms with Crippen molar-refractivity contribution in [3.8, 4) is 12.3 Å². The molecule has 0 saturated heterocycles. The zero-order valence-electron chi connectivity index (χ0n) is 9.79. The summed E-state index contributed by atoms with van der Waals surface area (Å²) in [5, 5.41) is 1.90. The number of anilines is 1. The SMILES string of the molecule is C#Cc1c(N)sc2cccc(C(C)(C)C)c12. The van der Waals surface area contributed by atoms with Crippen LogP contribution < -0.4 is 5.73 Å². The minimum absolute atomic E-state index is 0.0820. The Balaban J connectivity index is 2.92. The van der Waals surface area contributed by atoms with Gasteiger partial charge in [0.2, 0.25) is 0 Å². The maximum absolute atomic E-state index is 5.95. The monoisotopic (exact) mass is 229 g/mol. The van der Waals surface area contributed by atoms with Crippen molar-refractivity contribution in [2.24, 2.45) is 0 Å². The number of terminal acetylenes is 1. The van der Waals surface area contributed by atoms with Crippen LogP contribution in [-0.4, -0.2) is 0 Å². The summed E-state index contributed by atoms with van der Waals surface area (Å²) < 4.78 is 1.18. The lowest BCUT2D eigenvalue weighted by molar-refractivity contribution is 0.596. The summed E-state index contributed by atoms with van der Waals surface area (Å²) in [7, 11) is 0. The normalized spacial score (nSPS) is 11.6. The Bertz CT molecular complexity index is 579. The van der Waals surface area contributed by atoms with Crippen LogP contribution in [0.3, 0.4) is 0 Å². The molecule has 1 aromatic heterocycles. The Kier molecular flexibility index (Phi) is 2.44. The van der Waals surface area contributed by atoms with Crippen molar-refractivity contribution in [3.63, 3.8) is 0 Å². The van der Waals surface area contributed by atoms with Gasteiger partial charge in [0.25, 0.3) is 0 Å². The molecule has 0 spiro atoms. The van der Waals surface area contributed by atoms with E-state index < -0.39 is 0 Å². The summed E-state index contributed by atoms with van der Waals surface area (Å²) in [5.41, 5.74) is 8.16. The molecule has 0 radical (unpaired) electrons. The van der Waals surface area contributed by atoms with Crippen molar-refractivity contribution < 1.29 is 0 Å². The Morgan fingerprint density at radius 2 is 2.00 bits per heavy atom. The third-order valence-electron chi connectivity index (χ3n) is 2.69. The van der Waals surface area contributed by atoms with Crippen LogP contribution in [0.5, 0.6) is 0 Å². The second-order valence-electron chi connectivity index (χ2n) is 4.91. The van der Waals surface area contributed by atoms with E-state index in [0.717, 1.165) is 16.0 Å². The van der Waals surface area contributed by atoms with E-state index in [-0.39, 0.29) is 5.41 Å². The quantitative estimate of drug-likeness (QED) is 0.684. The van der Waals surface area contributed by atoms with Crippen molar-refractivity contribution in [3.05, 3.63) is 29.3 Å². The second-order valence-corrected chi connectivity index (χ2v) is 6.00. The number of hydrogen-bond acceptors (Lipinski definition) is 2. The Labute approximate surface area is 100 Å². The molecule has 82 valence electrons. The molecule has 0 bridgehead atoms. The van der Waals surface area contributed by atoms with Crippen LogP contribution in [0.4, 0.5) is 5.00 Å². The molecule has 0 unspecified atom stereocenters. The van der Waals surface area contributed by atoms with Crippen LogP contribution in [0.15, 0.2) is 18.2 Å². The summed E-state index contributed by atoms with van der Waals surface area (Å²) in [6, 6.07) is 6.28. The van der Waals surface area contributed by atoms with Gasteiger partial charge in [-0.1, -0.05) is 38.8 Å². The molecule has 1 heterocycles. The number of fused-ring (bicyclic) bond motifs is 1. The molecule has 0 aliphatic heterocycles. The fourth-order valence-electron chi connectivity index (χ4n) is 1.94. The second kappa shape index (κ2) is 3.54. The van der Waals surface area contributed by atoms with E-state index in [2.05, 4.69) is 44.9 Å². The molecular formula is C14H15NS. The van der Waals surface area contributed by atoms with Crippen molar-refractivity contribution in [2.75, 3.05) is 5.73 Å². The van der Waals surface area contributed by atoms with Crippen LogP contribution in [-0.2, 0) is 5.41 Å². The van der Waals surface area contributed by atoms with E-state index in [1.54, 1.807) is 11.3 Å². The minimum Gasteiger partial charge on any atom is -0.390 e. The molecule has 0 amide bonds. The van der Waals surface area contributed by atoms with Gasteiger partial charge in [-0.05, 0) is 17.0 Å². The molecule has 0 saturated carbocycles. The highest BCUT2D eigenvalue weighted by molar-refractivity contribution is 7.23. The molecule has 0 aliphatic carbocycles. The highest BCUT2D eigenvalue weighted by Gasteiger charge is 2.20. The predicted molar refractivity (Wildman–Crippen MR) is 72.9 cm³/mol. The van der Waals surface area contributed by atoms with Crippen LogP contribution in [0.1, 0.15) is 31.9 Å². The molecule has 2 rings (SSSR count). The minimum atomic E-state index is 0.0820. The van der Waals surface area contributed by atoms with Crippen LogP contribution in [0.25, 0.3) is 10.1 Å². The third-order valence-corrected chi connectivity index (χ3v) is 3.68. The highest BCUT2D eigenvalue weighted by atomic mass is 32.1. The fraction of sp³-hybridized carbons (Fsp3) is 0.286. The molecule has 0 atom stereocenters. The number of nitrogens with two attached hydrogens (primary N) is 1. The van der Waals surface area contributed by atoms with Gasteiger partial charge in [-0.2, -0.15) is 0 Å². The zero-order chi connectivity index (χ0) is 11.9. The van der Waals surface area contributed by atoms with Gasteiger partial charge in [0, 0.05) is 10.1 Å². The molecule has 1 aromatic carbocycles. The van der Waals surface area contributed by atoms with Crippen molar-refractivity contribution in [2.45, 2.75) is 26.2 Å². The Hall–Kier alpha value is -1.46. The Morgan fingerprint density at radius 1 is 1.31 bits per heavy atom. The molecule has 2 aromatic rings. The molecule has 0 aliphatic rings. The molecule has 2 heteroatoms. The first-order valence-electron chi connectivity index (χ1n) is 5.23. The van der Waals surface area contributed by atoms with Gasteiger partial charge >= 0.3 is 0 Å². The van der Waals surface area contributed by atoms with Gasteiger partial charge in [-0.15, -0.1) is 17.8 Å². The summed E-state index contributed by atoms with van der Waals surface area (Å²) in [4.78, 5) is 0. The summed E-state index contributed by atoms with van der Waals surface area (Å²) in [6.45, 7) is 6.57. The van der Waals surface area contributed by atoms with Crippen molar-refractivity contribution >= 4 is 26.4 Å². The first-order valence-corrected chi connectivity index (χ1v) is 6.05. The molecule has 1 nitrogen and oxygen atoms in total.